The largest absolute Gasteiger partial charge is 0.476 e. The standard InChI is InChI=1S/C12H13NO2S.CH4/c1-4-6-7-9(5-2)11-10(12(14)15)13-8(3)16-11;/h4-7H,2H2,1,3H3,(H,14,15);1H4/b6-4-,9-7+;. The first-order chi connectivity index (χ1) is 7.60. The molecule has 0 bridgehead atoms. The van der Waals surface area contributed by atoms with Crippen molar-refractivity contribution in [2.24, 2.45) is 0 Å². The van der Waals surface area contributed by atoms with Crippen LogP contribution in [0.1, 0.15) is 34.7 Å². The van der Waals surface area contributed by atoms with Gasteiger partial charge >= 0.3 is 5.97 Å². The van der Waals surface area contributed by atoms with E-state index in [1.165, 1.54) is 11.3 Å². The molecule has 4 heteroatoms. The maximum absolute atomic E-state index is 11.0. The van der Waals surface area contributed by atoms with Crippen LogP contribution < -0.4 is 0 Å². The molecule has 92 valence electrons. The number of aromatic nitrogens is 1. The summed E-state index contributed by atoms with van der Waals surface area (Å²) in [5.74, 6) is -1.01. The Morgan fingerprint density at radius 2 is 2.18 bits per heavy atom. The van der Waals surface area contributed by atoms with Gasteiger partial charge in [-0.15, -0.1) is 11.3 Å². The third-order valence-electron chi connectivity index (χ3n) is 1.89. The van der Waals surface area contributed by atoms with Gasteiger partial charge < -0.3 is 5.11 Å². The summed E-state index contributed by atoms with van der Waals surface area (Å²) in [6, 6.07) is 0. The normalized spacial score (nSPS) is 11.3. The van der Waals surface area contributed by atoms with Gasteiger partial charge in [0.25, 0.3) is 0 Å². The molecular formula is C13H17NO2S. The lowest BCUT2D eigenvalue weighted by Gasteiger charge is -1.97. The van der Waals surface area contributed by atoms with Crippen LogP contribution in [-0.4, -0.2) is 16.1 Å². The van der Waals surface area contributed by atoms with Gasteiger partial charge in [0.1, 0.15) is 0 Å². The first-order valence-corrected chi connectivity index (χ1v) is 5.58. The van der Waals surface area contributed by atoms with E-state index < -0.39 is 5.97 Å². The monoisotopic (exact) mass is 251 g/mol. The fourth-order valence-corrected chi connectivity index (χ4v) is 2.14. The molecule has 0 saturated heterocycles. The van der Waals surface area contributed by atoms with Crippen LogP contribution in [0.3, 0.4) is 0 Å². The number of nitrogens with zero attached hydrogens (tertiary/aromatic N) is 1. The average molecular weight is 251 g/mol. The number of hydrogen-bond acceptors (Lipinski definition) is 3. The minimum atomic E-state index is -1.01. The lowest BCUT2D eigenvalue weighted by molar-refractivity contribution is 0.0691. The van der Waals surface area contributed by atoms with Crippen LogP contribution in [0.4, 0.5) is 0 Å². The molecule has 0 atom stereocenters. The Labute approximate surface area is 106 Å². The molecule has 0 radical (unpaired) electrons. The second-order valence-electron chi connectivity index (χ2n) is 3.07. The van der Waals surface area contributed by atoms with E-state index in [4.69, 9.17) is 5.11 Å². The van der Waals surface area contributed by atoms with Crippen LogP contribution in [0.15, 0.2) is 30.9 Å². The van der Waals surface area contributed by atoms with Crippen LogP contribution in [-0.2, 0) is 0 Å². The molecule has 0 unspecified atom stereocenters. The van der Waals surface area contributed by atoms with E-state index in [0.29, 0.717) is 4.88 Å². The number of allylic oxidation sites excluding steroid dienone is 5. The molecule has 1 aromatic heterocycles. The van der Waals surface area contributed by atoms with Gasteiger partial charge in [-0.25, -0.2) is 9.78 Å². The average Bonchev–Trinajstić information content (AvgIpc) is 2.62. The highest BCUT2D eigenvalue weighted by molar-refractivity contribution is 7.13. The highest BCUT2D eigenvalue weighted by Gasteiger charge is 2.17. The number of carbonyl (C=O) groups is 1. The van der Waals surface area contributed by atoms with Gasteiger partial charge in [0, 0.05) is 0 Å². The van der Waals surface area contributed by atoms with E-state index in [0.717, 1.165) is 10.6 Å². The summed E-state index contributed by atoms with van der Waals surface area (Å²) in [5, 5.41) is 9.75. The van der Waals surface area contributed by atoms with E-state index in [-0.39, 0.29) is 13.1 Å². The number of thiazole rings is 1. The molecule has 1 aromatic rings. The van der Waals surface area contributed by atoms with E-state index in [1.54, 1.807) is 13.0 Å². The van der Waals surface area contributed by atoms with Crippen LogP contribution in [0, 0.1) is 6.92 Å². The zero-order valence-corrected chi connectivity index (χ0v) is 10.0. The van der Waals surface area contributed by atoms with Gasteiger partial charge in [-0.2, -0.15) is 0 Å². The number of carboxylic acids is 1. The van der Waals surface area contributed by atoms with Crippen molar-refractivity contribution < 1.29 is 9.90 Å². The molecule has 1 rings (SSSR count). The van der Waals surface area contributed by atoms with Gasteiger partial charge in [0.05, 0.1) is 9.88 Å². The van der Waals surface area contributed by atoms with E-state index >= 15 is 0 Å². The quantitative estimate of drug-likeness (QED) is 0.825. The van der Waals surface area contributed by atoms with Gasteiger partial charge in [-0.1, -0.05) is 38.3 Å². The maximum atomic E-state index is 11.0. The van der Waals surface area contributed by atoms with Crippen molar-refractivity contribution in [1.29, 1.82) is 0 Å². The molecule has 0 aliphatic rings. The number of carboxylic acid groups (broad SMARTS) is 1. The van der Waals surface area contributed by atoms with Crippen molar-refractivity contribution >= 4 is 22.9 Å². The van der Waals surface area contributed by atoms with E-state index in [9.17, 15) is 4.79 Å². The molecule has 3 nitrogen and oxygen atoms in total. The summed E-state index contributed by atoms with van der Waals surface area (Å²) in [6.45, 7) is 7.37. The summed E-state index contributed by atoms with van der Waals surface area (Å²) in [4.78, 5) is 15.6. The van der Waals surface area contributed by atoms with Crippen molar-refractivity contribution in [2.45, 2.75) is 21.3 Å². The molecule has 0 amide bonds. The summed E-state index contributed by atoms with van der Waals surface area (Å²) in [7, 11) is 0. The lowest BCUT2D eigenvalue weighted by Crippen LogP contribution is -2.00. The second-order valence-corrected chi connectivity index (χ2v) is 4.27. The molecule has 1 heterocycles. The van der Waals surface area contributed by atoms with Crippen molar-refractivity contribution in [2.75, 3.05) is 0 Å². The number of aromatic carboxylic acids is 1. The van der Waals surface area contributed by atoms with Crippen molar-refractivity contribution in [1.82, 2.24) is 4.98 Å². The van der Waals surface area contributed by atoms with Crippen molar-refractivity contribution in [3.8, 4) is 0 Å². The SMILES string of the molecule is C.C=C/C(=C\C=C/C)c1sc(C)nc1C(=O)O. The Balaban J connectivity index is 0.00000256. The Kier molecular flexibility index (Phi) is 6.13. The minimum Gasteiger partial charge on any atom is -0.476 e. The molecular weight excluding hydrogens is 234 g/mol. The zero-order chi connectivity index (χ0) is 12.1. The second kappa shape index (κ2) is 6.81. The molecule has 1 N–H and O–H groups in total. The fraction of sp³-hybridized carbons (Fsp3) is 0.231. The fourth-order valence-electron chi connectivity index (χ4n) is 1.20. The molecule has 0 fully saturated rings. The summed E-state index contributed by atoms with van der Waals surface area (Å²) in [6.07, 6.45) is 7.18. The smallest absolute Gasteiger partial charge is 0.356 e. The van der Waals surface area contributed by atoms with Crippen molar-refractivity contribution in [3.63, 3.8) is 0 Å². The number of rotatable bonds is 4. The van der Waals surface area contributed by atoms with Gasteiger partial charge in [-0.05, 0) is 19.4 Å². The van der Waals surface area contributed by atoms with E-state index in [2.05, 4.69) is 11.6 Å². The van der Waals surface area contributed by atoms with Gasteiger partial charge in [-0.3, -0.25) is 0 Å². The summed E-state index contributed by atoms with van der Waals surface area (Å²) in [5.41, 5.74) is 0.874. The van der Waals surface area contributed by atoms with Gasteiger partial charge in [0.2, 0.25) is 0 Å². The maximum Gasteiger partial charge on any atom is 0.356 e. The third kappa shape index (κ3) is 3.67. The van der Waals surface area contributed by atoms with E-state index in [1.807, 2.05) is 25.2 Å². The zero-order valence-electron chi connectivity index (χ0n) is 9.23. The Hall–Kier alpha value is -1.68. The molecule has 17 heavy (non-hydrogen) atoms. The summed E-state index contributed by atoms with van der Waals surface area (Å²) < 4.78 is 0. The number of aryl methyl sites for hydroxylation is 1. The predicted molar refractivity (Wildman–Crippen MR) is 73.5 cm³/mol. The third-order valence-corrected chi connectivity index (χ3v) is 2.91. The highest BCUT2D eigenvalue weighted by atomic mass is 32.1. The molecule has 0 spiro atoms. The lowest BCUT2D eigenvalue weighted by atomic mass is 10.1. The first-order valence-electron chi connectivity index (χ1n) is 4.76. The van der Waals surface area contributed by atoms with Crippen LogP contribution in [0.2, 0.25) is 0 Å². The Morgan fingerprint density at radius 3 is 2.65 bits per heavy atom. The summed E-state index contributed by atoms with van der Waals surface area (Å²) >= 11 is 1.36. The molecule has 0 aliphatic heterocycles. The topological polar surface area (TPSA) is 50.2 Å². The van der Waals surface area contributed by atoms with Crippen LogP contribution in [0.25, 0.3) is 5.57 Å². The molecule has 0 aromatic carbocycles. The molecule has 0 aliphatic carbocycles. The highest BCUT2D eigenvalue weighted by Crippen LogP contribution is 2.27. The predicted octanol–water partition coefficient (Wildman–Crippen LogP) is 3.93. The van der Waals surface area contributed by atoms with Crippen LogP contribution >= 0.6 is 11.3 Å². The van der Waals surface area contributed by atoms with Crippen LogP contribution in [0.5, 0.6) is 0 Å². The minimum absolute atomic E-state index is 0. The first kappa shape index (κ1) is 15.3. The number of hydrogen-bond donors (Lipinski definition) is 1. The Bertz CT molecular complexity index is 470. The van der Waals surface area contributed by atoms with Gasteiger partial charge in [0.15, 0.2) is 5.69 Å². The Morgan fingerprint density at radius 1 is 1.53 bits per heavy atom. The van der Waals surface area contributed by atoms with Crippen molar-refractivity contribution in [3.05, 3.63) is 46.5 Å². The molecule has 0 saturated carbocycles.